The van der Waals surface area contributed by atoms with E-state index in [0.717, 1.165) is 22.3 Å². The summed E-state index contributed by atoms with van der Waals surface area (Å²) >= 11 is 8.16. The second kappa shape index (κ2) is 9.49. The number of rotatable bonds is 4. The third kappa shape index (κ3) is 4.14. The maximum absolute atomic E-state index is 6.31. The van der Waals surface area contributed by atoms with E-state index < -0.39 is 0 Å². The van der Waals surface area contributed by atoms with Crippen molar-refractivity contribution in [1.82, 2.24) is 15.0 Å². The third-order valence-electron chi connectivity index (χ3n) is 6.67. The molecule has 0 N–H and O–H groups in total. The number of benzene rings is 5. The van der Waals surface area contributed by atoms with Crippen LogP contribution in [-0.2, 0) is 0 Å². The molecule has 0 aliphatic carbocycles. The first-order chi connectivity index (χ1) is 18.7. The summed E-state index contributed by atoms with van der Waals surface area (Å²) in [6, 6.07) is 42.0. The fourth-order valence-electron chi connectivity index (χ4n) is 4.87. The molecule has 0 amide bonds. The van der Waals surface area contributed by atoms with Crippen LogP contribution in [-0.4, -0.2) is 15.0 Å². The molecule has 3 nitrogen and oxygen atoms in total. The molecule has 5 heteroatoms. The molecule has 0 bridgehead atoms. The standard InChI is InChI=1S/C33H20ClN3S/c34-33-36-31(21-9-2-1-3-10-21)35-32(37-33)25-14-7-12-23(20-25)22-11-6-13-24(19-22)26-16-8-17-28-27-15-4-5-18-29(27)38-30(26)28/h1-20H. The lowest BCUT2D eigenvalue weighted by Gasteiger charge is -2.09. The van der Waals surface area contributed by atoms with E-state index in [0.29, 0.717) is 11.6 Å². The Bertz CT molecular complexity index is 1950. The number of hydrogen-bond donors (Lipinski definition) is 0. The Hall–Kier alpha value is -4.38. The first-order valence-electron chi connectivity index (χ1n) is 12.3. The summed E-state index contributed by atoms with van der Waals surface area (Å²) in [4.78, 5) is 13.5. The largest absolute Gasteiger partial charge is 0.226 e. The van der Waals surface area contributed by atoms with E-state index in [2.05, 4.69) is 88.8 Å². The molecule has 38 heavy (non-hydrogen) atoms. The zero-order valence-corrected chi connectivity index (χ0v) is 21.7. The van der Waals surface area contributed by atoms with Gasteiger partial charge in [-0.2, -0.15) is 9.97 Å². The lowest BCUT2D eigenvalue weighted by Crippen LogP contribution is -1.97. The summed E-state index contributed by atoms with van der Waals surface area (Å²) in [7, 11) is 0. The van der Waals surface area contributed by atoms with Crippen LogP contribution >= 0.6 is 22.9 Å². The number of aromatic nitrogens is 3. The molecule has 7 rings (SSSR count). The van der Waals surface area contributed by atoms with Crippen LogP contribution in [0.3, 0.4) is 0 Å². The van der Waals surface area contributed by atoms with Crippen molar-refractivity contribution in [3.8, 4) is 45.0 Å². The summed E-state index contributed by atoms with van der Waals surface area (Å²) in [6.45, 7) is 0. The summed E-state index contributed by atoms with van der Waals surface area (Å²) in [6.07, 6.45) is 0. The molecule has 0 saturated carbocycles. The van der Waals surface area contributed by atoms with Crippen LogP contribution in [0.2, 0.25) is 5.28 Å². The zero-order valence-electron chi connectivity index (χ0n) is 20.2. The van der Waals surface area contributed by atoms with Crippen LogP contribution in [0.15, 0.2) is 121 Å². The van der Waals surface area contributed by atoms with Crippen LogP contribution in [0.1, 0.15) is 0 Å². The molecule has 2 aromatic heterocycles. The van der Waals surface area contributed by atoms with Gasteiger partial charge in [0.2, 0.25) is 5.28 Å². The van der Waals surface area contributed by atoms with Gasteiger partial charge < -0.3 is 0 Å². The fraction of sp³-hybridized carbons (Fsp3) is 0. The van der Waals surface area contributed by atoms with Gasteiger partial charge in [0.05, 0.1) is 0 Å². The van der Waals surface area contributed by atoms with Gasteiger partial charge in [-0.1, -0.05) is 103 Å². The minimum absolute atomic E-state index is 0.178. The van der Waals surface area contributed by atoms with Crippen molar-refractivity contribution in [2.45, 2.75) is 0 Å². The SMILES string of the molecule is Clc1nc(-c2ccccc2)nc(-c2cccc(-c3cccc(-c4cccc5c4sc4ccccc45)c3)c2)n1. The topological polar surface area (TPSA) is 38.7 Å². The molecule has 0 aliphatic rings. The third-order valence-corrected chi connectivity index (χ3v) is 8.06. The van der Waals surface area contributed by atoms with Crippen LogP contribution in [0.25, 0.3) is 65.2 Å². The molecule has 0 atom stereocenters. The Morgan fingerprint density at radius 3 is 1.87 bits per heavy atom. The van der Waals surface area contributed by atoms with Crippen molar-refractivity contribution in [2.75, 3.05) is 0 Å². The minimum atomic E-state index is 0.178. The minimum Gasteiger partial charge on any atom is -0.208 e. The summed E-state index contributed by atoms with van der Waals surface area (Å²) < 4.78 is 2.62. The molecule has 0 radical (unpaired) electrons. The second-order valence-electron chi connectivity index (χ2n) is 9.06. The van der Waals surface area contributed by atoms with Crippen LogP contribution in [0.4, 0.5) is 0 Å². The predicted molar refractivity (Wildman–Crippen MR) is 159 cm³/mol. The van der Waals surface area contributed by atoms with Gasteiger partial charge in [-0.15, -0.1) is 11.3 Å². The molecule has 0 aliphatic heterocycles. The second-order valence-corrected chi connectivity index (χ2v) is 10.5. The Balaban J connectivity index is 1.30. The van der Waals surface area contributed by atoms with E-state index in [4.69, 9.17) is 16.6 Å². The number of thiophene rings is 1. The average molecular weight is 526 g/mol. The van der Waals surface area contributed by atoms with Crippen molar-refractivity contribution in [3.05, 3.63) is 127 Å². The molecule has 7 aromatic rings. The Morgan fingerprint density at radius 1 is 0.474 bits per heavy atom. The molecule has 2 heterocycles. The maximum Gasteiger partial charge on any atom is 0.226 e. The fourth-order valence-corrected chi connectivity index (χ4v) is 6.27. The van der Waals surface area contributed by atoms with E-state index >= 15 is 0 Å². The molecular formula is C33H20ClN3S. The van der Waals surface area contributed by atoms with Gasteiger partial charge in [0.1, 0.15) is 0 Å². The first kappa shape index (κ1) is 22.8. The molecular weight excluding hydrogens is 506 g/mol. The van der Waals surface area contributed by atoms with E-state index in [1.54, 1.807) is 0 Å². The predicted octanol–water partition coefficient (Wildman–Crippen LogP) is 9.56. The summed E-state index contributed by atoms with van der Waals surface area (Å²) in [5.74, 6) is 1.11. The van der Waals surface area contributed by atoms with Gasteiger partial charge in [-0.05, 0) is 52.1 Å². The van der Waals surface area contributed by atoms with Crippen molar-refractivity contribution in [2.24, 2.45) is 0 Å². The van der Waals surface area contributed by atoms with Gasteiger partial charge in [0, 0.05) is 31.3 Å². The lowest BCUT2D eigenvalue weighted by atomic mass is 9.97. The highest BCUT2D eigenvalue weighted by Crippen LogP contribution is 2.40. The highest BCUT2D eigenvalue weighted by atomic mass is 35.5. The van der Waals surface area contributed by atoms with Crippen LogP contribution < -0.4 is 0 Å². The molecule has 0 fully saturated rings. The van der Waals surface area contributed by atoms with Crippen LogP contribution in [0, 0.1) is 0 Å². The van der Waals surface area contributed by atoms with Gasteiger partial charge in [0.15, 0.2) is 11.6 Å². The van der Waals surface area contributed by atoms with E-state index in [9.17, 15) is 0 Å². The van der Waals surface area contributed by atoms with E-state index in [1.807, 2.05) is 53.8 Å². The molecule has 5 aromatic carbocycles. The van der Waals surface area contributed by atoms with Crippen molar-refractivity contribution >= 4 is 43.1 Å². The normalized spacial score (nSPS) is 11.3. The van der Waals surface area contributed by atoms with Gasteiger partial charge >= 0.3 is 0 Å². The highest BCUT2D eigenvalue weighted by molar-refractivity contribution is 7.26. The average Bonchev–Trinajstić information content (AvgIpc) is 3.36. The molecule has 0 saturated heterocycles. The molecule has 180 valence electrons. The Morgan fingerprint density at radius 2 is 1.05 bits per heavy atom. The number of fused-ring (bicyclic) bond motifs is 3. The smallest absolute Gasteiger partial charge is 0.208 e. The Kier molecular flexibility index (Phi) is 5.69. The highest BCUT2D eigenvalue weighted by Gasteiger charge is 2.13. The van der Waals surface area contributed by atoms with Crippen molar-refractivity contribution < 1.29 is 0 Å². The quantitative estimate of drug-likeness (QED) is 0.229. The zero-order chi connectivity index (χ0) is 25.5. The van der Waals surface area contributed by atoms with E-state index in [1.165, 1.54) is 31.3 Å². The first-order valence-corrected chi connectivity index (χ1v) is 13.5. The van der Waals surface area contributed by atoms with Gasteiger partial charge in [-0.25, -0.2) is 4.98 Å². The summed E-state index contributed by atoms with van der Waals surface area (Å²) in [5.41, 5.74) is 6.45. The lowest BCUT2D eigenvalue weighted by molar-refractivity contribution is 1.07. The van der Waals surface area contributed by atoms with Gasteiger partial charge in [-0.3, -0.25) is 0 Å². The maximum atomic E-state index is 6.31. The molecule has 0 spiro atoms. The molecule has 0 unspecified atom stereocenters. The number of halogens is 1. The summed E-state index contributed by atoms with van der Waals surface area (Å²) in [5, 5.41) is 2.79. The van der Waals surface area contributed by atoms with Crippen molar-refractivity contribution in [1.29, 1.82) is 0 Å². The Labute approximate surface area is 229 Å². The van der Waals surface area contributed by atoms with E-state index in [-0.39, 0.29) is 5.28 Å². The number of hydrogen-bond acceptors (Lipinski definition) is 4. The van der Waals surface area contributed by atoms with Crippen molar-refractivity contribution in [3.63, 3.8) is 0 Å². The van der Waals surface area contributed by atoms with Gasteiger partial charge in [0.25, 0.3) is 0 Å². The van der Waals surface area contributed by atoms with Crippen LogP contribution in [0.5, 0.6) is 0 Å². The number of nitrogens with zero attached hydrogens (tertiary/aromatic N) is 3. The monoisotopic (exact) mass is 525 g/mol.